The second-order valence-corrected chi connectivity index (χ2v) is 8.33. The Labute approximate surface area is 188 Å². The third-order valence-corrected chi connectivity index (χ3v) is 6.26. The number of aryl methyl sites for hydroxylation is 1. The van der Waals surface area contributed by atoms with Crippen LogP contribution >= 0.6 is 0 Å². The number of benzene rings is 3. The van der Waals surface area contributed by atoms with E-state index in [-0.39, 0.29) is 5.56 Å². The van der Waals surface area contributed by atoms with Crippen molar-refractivity contribution in [3.05, 3.63) is 95.3 Å². The van der Waals surface area contributed by atoms with E-state index in [1.165, 1.54) is 16.5 Å². The van der Waals surface area contributed by atoms with Gasteiger partial charge in [0.15, 0.2) is 0 Å². The molecule has 5 nitrogen and oxygen atoms in total. The summed E-state index contributed by atoms with van der Waals surface area (Å²) in [6.45, 7) is 5.74. The van der Waals surface area contributed by atoms with Crippen molar-refractivity contribution in [2.45, 2.75) is 13.0 Å². The predicted octanol–water partition coefficient (Wildman–Crippen LogP) is 4.28. The molecule has 0 amide bonds. The lowest BCUT2D eigenvalue weighted by atomic mass is 10.1. The summed E-state index contributed by atoms with van der Waals surface area (Å²) in [7, 11) is 0. The van der Waals surface area contributed by atoms with Crippen LogP contribution in [0.3, 0.4) is 0 Å². The normalized spacial score (nSPS) is 14.7. The highest BCUT2D eigenvalue weighted by Crippen LogP contribution is 2.27. The monoisotopic (exact) mass is 424 g/mol. The summed E-state index contributed by atoms with van der Waals surface area (Å²) in [5, 5.41) is 7.20. The maximum absolute atomic E-state index is 12.3. The molecule has 3 aromatic carbocycles. The molecule has 1 aromatic heterocycles. The Morgan fingerprint density at radius 3 is 2.31 bits per heavy atom. The lowest BCUT2D eigenvalue weighted by molar-refractivity contribution is 0.248. The number of anilines is 1. The highest BCUT2D eigenvalue weighted by Gasteiger charge is 2.18. The number of hydrogen-bond donors (Lipinski definition) is 0. The molecule has 0 N–H and O–H groups in total. The summed E-state index contributed by atoms with van der Waals surface area (Å²) in [4.78, 5) is 17.3. The van der Waals surface area contributed by atoms with Crippen molar-refractivity contribution in [2.75, 3.05) is 37.6 Å². The molecule has 4 aromatic rings. The van der Waals surface area contributed by atoms with Gasteiger partial charge in [0.05, 0.1) is 5.69 Å². The van der Waals surface area contributed by atoms with Crippen molar-refractivity contribution in [3.8, 4) is 11.3 Å². The van der Waals surface area contributed by atoms with Gasteiger partial charge in [-0.3, -0.25) is 9.69 Å². The van der Waals surface area contributed by atoms with Gasteiger partial charge in [0.2, 0.25) is 0 Å². The Balaban J connectivity index is 1.17. The molecule has 1 aliphatic rings. The van der Waals surface area contributed by atoms with Gasteiger partial charge in [0.1, 0.15) is 0 Å². The zero-order chi connectivity index (χ0) is 21.8. The Hall–Kier alpha value is -3.44. The van der Waals surface area contributed by atoms with Gasteiger partial charge >= 0.3 is 0 Å². The summed E-state index contributed by atoms with van der Waals surface area (Å²) < 4.78 is 1.61. The van der Waals surface area contributed by atoms with Crippen molar-refractivity contribution >= 4 is 16.5 Å². The van der Waals surface area contributed by atoms with Crippen molar-refractivity contribution in [3.63, 3.8) is 0 Å². The highest BCUT2D eigenvalue weighted by atomic mass is 16.1. The maximum Gasteiger partial charge on any atom is 0.266 e. The minimum absolute atomic E-state index is 0.0366. The van der Waals surface area contributed by atoms with E-state index in [1.807, 2.05) is 30.3 Å². The molecule has 5 heteroatoms. The first-order valence-corrected chi connectivity index (χ1v) is 11.4. The van der Waals surface area contributed by atoms with Crippen LogP contribution in [0.1, 0.15) is 6.42 Å². The Bertz CT molecular complexity index is 1240. The van der Waals surface area contributed by atoms with Crippen LogP contribution in [-0.2, 0) is 6.54 Å². The molecule has 5 rings (SSSR count). The van der Waals surface area contributed by atoms with Crippen LogP contribution in [0.15, 0.2) is 89.7 Å². The van der Waals surface area contributed by atoms with Gasteiger partial charge < -0.3 is 4.90 Å². The van der Waals surface area contributed by atoms with E-state index >= 15 is 0 Å². The average Bonchev–Trinajstić information content (AvgIpc) is 2.86. The smallest absolute Gasteiger partial charge is 0.266 e. The standard InChI is InChI=1S/C27H28N4O/c32-27-15-14-25(23-9-2-1-3-10-23)28-31(27)17-7-16-29-18-20-30(21-19-29)26-13-6-11-22-8-4-5-12-24(22)26/h1-6,8-15H,7,16-21H2. The quantitative estimate of drug-likeness (QED) is 0.463. The molecule has 2 heterocycles. The van der Waals surface area contributed by atoms with Gasteiger partial charge in [-0.05, 0) is 23.9 Å². The molecule has 0 atom stereocenters. The summed E-state index contributed by atoms with van der Waals surface area (Å²) in [6, 6.07) is 28.6. The molecule has 0 bridgehead atoms. The Kier molecular flexibility index (Phi) is 5.99. The number of hydrogen-bond acceptors (Lipinski definition) is 4. The van der Waals surface area contributed by atoms with Crippen LogP contribution in [0.25, 0.3) is 22.0 Å². The first-order chi connectivity index (χ1) is 15.8. The number of aromatic nitrogens is 2. The van der Waals surface area contributed by atoms with Gasteiger partial charge in [-0.15, -0.1) is 0 Å². The number of nitrogens with zero attached hydrogens (tertiary/aromatic N) is 4. The van der Waals surface area contributed by atoms with E-state index < -0.39 is 0 Å². The molecule has 32 heavy (non-hydrogen) atoms. The topological polar surface area (TPSA) is 41.4 Å². The molecule has 0 radical (unpaired) electrons. The fourth-order valence-corrected chi connectivity index (χ4v) is 4.51. The second kappa shape index (κ2) is 9.37. The van der Waals surface area contributed by atoms with Crippen LogP contribution < -0.4 is 10.5 Å². The van der Waals surface area contributed by atoms with E-state index in [0.29, 0.717) is 6.54 Å². The van der Waals surface area contributed by atoms with Crippen LogP contribution in [-0.4, -0.2) is 47.4 Å². The Morgan fingerprint density at radius 2 is 1.47 bits per heavy atom. The number of rotatable bonds is 6. The molecule has 1 fully saturated rings. The van der Waals surface area contributed by atoms with Crippen LogP contribution in [0.2, 0.25) is 0 Å². The summed E-state index contributed by atoms with van der Waals surface area (Å²) in [5.41, 5.74) is 3.17. The minimum atomic E-state index is -0.0366. The summed E-state index contributed by atoms with van der Waals surface area (Å²) >= 11 is 0. The van der Waals surface area contributed by atoms with Gasteiger partial charge in [0.25, 0.3) is 5.56 Å². The van der Waals surface area contributed by atoms with E-state index in [4.69, 9.17) is 0 Å². The fourth-order valence-electron chi connectivity index (χ4n) is 4.51. The molecule has 0 aliphatic carbocycles. The fraction of sp³-hybridized carbons (Fsp3) is 0.259. The molecule has 1 aliphatic heterocycles. The lowest BCUT2D eigenvalue weighted by Gasteiger charge is -2.36. The zero-order valence-electron chi connectivity index (χ0n) is 18.2. The third-order valence-electron chi connectivity index (χ3n) is 6.26. The minimum Gasteiger partial charge on any atom is -0.368 e. The lowest BCUT2D eigenvalue weighted by Crippen LogP contribution is -2.46. The van der Waals surface area contributed by atoms with Gasteiger partial charge in [-0.25, -0.2) is 4.68 Å². The Morgan fingerprint density at radius 1 is 0.719 bits per heavy atom. The summed E-state index contributed by atoms with van der Waals surface area (Å²) in [5.74, 6) is 0. The first-order valence-electron chi connectivity index (χ1n) is 11.4. The van der Waals surface area contributed by atoms with E-state index in [2.05, 4.69) is 57.4 Å². The van der Waals surface area contributed by atoms with Gasteiger partial charge in [-0.2, -0.15) is 5.10 Å². The molecular weight excluding hydrogens is 396 g/mol. The van der Waals surface area contributed by atoms with Crippen molar-refractivity contribution in [1.82, 2.24) is 14.7 Å². The van der Waals surface area contributed by atoms with E-state index in [9.17, 15) is 4.79 Å². The van der Waals surface area contributed by atoms with Crippen LogP contribution in [0.5, 0.6) is 0 Å². The molecule has 162 valence electrons. The first kappa shape index (κ1) is 20.5. The average molecular weight is 425 g/mol. The molecular formula is C27H28N4O. The van der Waals surface area contributed by atoms with Crippen molar-refractivity contribution in [1.29, 1.82) is 0 Å². The third kappa shape index (κ3) is 4.43. The molecule has 1 saturated heterocycles. The zero-order valence-corrected chi connectivity index (χ0v) is 18.2. The van der Waals surface area contributed by atoms with Crippen LogP contribution in [0.4, 0.5) is 5.69 Å². The van der Waals surface area contributed by atoms with E-state index in [0.717, 1.165) is 50.4 Å². The number of fused-ring (bicyclic) bond motifs is 1. The predicted molar refractivity (Wildman–Crippen MR) is 131 cm³/mol. The highest BCUT2D eigenvalue weighted by molar-refractivity contribution is 5.94. The van der Waals surface area contributed by atoms with Crippen molar-refractivity contribution < 1.29 is 0 Å². The molecule has 0 spiro atoms. The van der Waals surface area contributed by atoms with Crippen LogP contribution in [0, 0.1) is 0 Å². The largest absolute Gasteiger partial charge is 0.368 e. The van der Waals surface area contributed by atoms with Gasteiger partial charge in [0, 0.05) is 62.0 Å². The summed E-state index contributed by atoms with van der Waals surface area (Å²) in [6.07, 6.45) is 0.916. The second-order valence-electron chi connectivity index (χ2n) is 8.33. The van der Waals surface area contributed by atoms with E-state index in [1.54, 1.807) is 16.8 Å². The van der Waals surface area contributed by atoms with Gasteiger partial charge in [-0.1, -0.05) is 66.7 Å². The molecule has 0 unspecified atom stereocenters. The SMILES string of the molecule is O=c1ccc(-c2ccccc2)nn1CCCN1CCN(c2cccc3ccccc23)CC1. The van der Waals surface area contributed by atoms with Crippen molar-refractivity contribution in [2.24, 2.45) is 0 Å². The maximum atomic E-state index is 12.3. The molecule has 0 saturated carbocycles. The number of piperazine rings is 1.